The summed E-state index contributed by atoms with van der Waals surface area (Å²) in [5, 5.41) is 2.82. The van der Waals surface area contributed by atoms with Crippen LogP contribution in [0.3, 0.4) is 0 Å². The van der Waals surface area contributed by atoms with Crippen LogP contribution in [0, 0.1) is 11.6 Å². The molecule has 3 N–H and O–H groups in total. The van der Waals surface area contributed by atoms with Crippen LogP contribution in [0.5, 0.6) is 0 Å². The quantitative estimate of drug-likeness (QED) is 0.838. The normalized spacial score (nSPS) is 16.9. The van der Waals surface area contributed by atoms with Gasteiger partial charge in [-0.2, -0.15) is 0 Å². The number of carbonyl (C=O) groups excluding carboxylic acids is 1. The zero-order valence-electron chi connectivity index (χ0n) is 10.9. The molecule has 1 aromatic carbocycles. The molecule has 0 aromatic heterocycles. The fraction of sp³-hybridized carbons (Fsp3) is 0.429. The van der Waals surface area contributed by atoms with Gasteiger partial charge in [-0.3, -0.25) is 4.79 Å². The summed E-state index contributed by atoms with van der Waals surface area (Å²) in [7, 11) is 0. The fourth-order valence-corrected chi connectivity index (χ4v) is 2.82. The number of thiocarbonyl (C=S) groups is 1. The summed E-state index contributed by atoms with van der Waals surface area (Å²) in [6.45, 7) is 0. The van der Waals surface area contributed by atoms with E-state index in [4.69, 9.17) is 18.0 Å². The Kier molecular flexibility index (Phi) is 4.32. The Morgan fingerprint density at radius 1 is 1.35 bits per heavy atom. The molecule has 0 aliphatic heterocycles. The minimum Gasteiger partial charge on any atom is -0.391 e. The Morgan fingerprint density at radius 3 is 2.55 bits per heavy atom. The molecule has 2 rings (SSSR count). The maximum atomic E-state index is 13.5. The lowest BCUT2D eigenvalue weighted by Gasteiger charge is -2.29. The van der Waals surface area contributed by atoms with Crippen molar-refractivity contribution in [1.82, 2.24) is 5.32 Å². The van der Waals surface area contributed by atoms with Crippen LogP contribution in [0.4, 0.5) is 8.78 Å². The van der Waals surface area contributed by atoms with Gasteiger partial charge in [-0.05, 0) is 24.5 Å². The van der Waals surface area contributed by atoms with Gasteiger partial charge in [0.15, 0.2) is 0 Å². The third kappa shape index (κ3) is 3.12. The number of nitrogens with two attached hydrogens (primary N) is 1. The zero-order valence-corrected chi connectivity index (χ0v) is 11.7. The molecule has 1 aliphatic carbocycles. The van der Waals surface area contributed by atoms with E-state index in [0.29, 0.717) is 12.8 Å². The molecule has 6 heteroatoms. The number of hydrogen-bond acceptors (Lipinski definition) is 2. The molecule has 0 heterocycles. The van der Waals surface area contributed by atoms with Crippen molar-refractivity contribution in [3.8, 4) is 0 Å². The Labute approximate surface area is 121 Å². The third-order valence-electron chi connectivity index (χ3n) is 3.67. The standard InChI is InChI=1S/C14H16F2N2OS/c15-10-4-3-9(11(16)8-10)7-12(19)18-14(13(17)20)5-1-2-6-14/h3-4,8H,1-2,5-7H2,(H2,17,20)(H,18,19). The van der Waals surface area contributed by atoms with Crippen LogP contribution < -0.4 is 11.1 Å². The second-order valence-corrected chi connectivity index (χ2v) is 5.55. The van der Waals surface area contributed by atoms with Crippen molar-refractivity contribution in [2.75, 3.05) is 0 Å². The molecule has 0 atom stereocenters. The zero-order chi connectivity index (χ0) is 14.8. The van der Waals surface area contributed by atoms with E-state index >= 15 is 0 Å². The summed E-state index contributed by atoms with van der Waals surface area (Å²) in [6, 6.07) is 3.17. The summed E-state index contributed by atoms with van der Waals surface area (Å²) in [5.41, 5.74) is 5.22. The summed E-state index contributed by atoms with van der Waals surface area (Å²) in [6.07, 6.45) is 3.15. The number of halogens is 2. The minimum absolute atomic E-state index is 0.153. The molecule has 0 radical (unpaired) electrons. The van der Waals surface area contributed by atoms with Crippen molar-refractivity contribution < 1.29 is 13.6 Å². The van der Waals surface area contributed by atoms with Crippen molar-refractivity contribution in [3.63, 3.8) is 0 Å². The average molecular weight is 298 g/mol. The highest BCUT2D eigenvalue weighted by atomic mass is 32.1. The Balaban J connectivity index is 2.07. The van der Waals surface area contributed by atoms with Gasteiger partial charge < -0.3 is 11.1 Å². The third-order valence-corrected chi connectivity index (χ3v) is 4.06. The number of amides is 1. The molecular formula is C14H16F2N2OS. The van der Waals surface area contributed by atoms with Crippen LogP contribution in [0.2, 0.25) is 0 Å². The molecule has 0 saturated heterocycles. The number of nitrogens with one attached hydrogen (secondary N) is 1. The van der Waals surface area contributed by atoms with Crippen molar-refractivity contribution in [2.45, 2.75) is 37.6 Å². The van der Waals surface area contributed by atoms with Crippen molar-refractivity contribution in [2.24, 2.45) is 5.73 Å². The summed E-state index contributed by atoms with van der Waals surface area (Å²) in [4.78, 5) is 12.3. The first-order valence-corrected chi connectivity index (χ1v) is 6.89. The van der Waals surface area contributed by atoms with Gasteiger partial charge in [0.2, 0.25) is 5.91 Å². The number of carbonyl (C=O) groups is 1. The molecule has 0 spiro atoms. The molecule has 20 heavy (non-hydrogen) atoms. The smallest absolute Gasteiger partial charge is 0.225 e. The second kappa shape index (κ2) is 5.83. The van der Waals surface area contributed by atoms with Gasteiger partial charge in [-0.15, -0.1) is 0 Å². The van der Waals surface area contributed by atoms with Crippen LogP contribution in [0.25, 0.3) is 0 Å². The Hall–Kier alpha value is -1.56. The Bertz CT molecular complexity index is 542. The van der Waals surface area contributed by atoms with Gasteiger partial charge in [0.05, 0.1) is 16.9 Å². The van der Waals surface area contributed by atoms with Gasteiger partial charge in [0.1, 0.15) is 11.6 Å². The maximum Gasteiger partial charge on any atom is 0.225 e. The minimum atomic E-state index is -0.726. The largest absolute Gasteiger partial charge is 0.391 e. The predicted molar refractivity (Wildman–Crippen MR) is 76.2 cm³/mol. The molecule has 1 aromatic rings. The van der Waals surface area contributed by atoms with E-state index in [1.54, 1.807) is 0 Å². The van der Waals surface area contributed by atoms with E-state index in [9.17, 15) is 13.6 Å². The number of benzene rings is 1. The van der Waals surface area contributed by atoms with E-state index < -0.39 is 17.2 Å². The van der Waals surface area contributed by atoms with Crippen LogP contribution in [-0.2, 0) is 11.2 Å². The fourth-order valence-electron chi connectivity index (χ4n) is 2.56. The molecule has 3 nitrogen and oxygen atoms in total. The lowest BCUT2D eigenvalue weighted by Crippen LogP contribution is -2.55. The molecule has 0 unspecified atom stereocenters. The average Bonchev–Trinajstić information content (AvgIpc) is 2.82. The van der Waals surface area contributed by atoms with Gasteiger partial charge >= 0.3 is 0 Å². The van der Waals surface area contributed by atoms with Crippen molar-refractivity contribution >= 4 is 23.1 Å². The molecule has 1 aliphatic rings. The van der Waals surface area contributed by atoms with Crippen molar-refractivity contribution in [3.05, 3.63) is 35.4 Å². The van der Waals surface area contributed by atoms with Crippen LogP contribution in [0.15, 0.2) is 18.2 Å². The van der Waals surface area contributed by atoms with E-state index in [1.165, 1.54) is 6.07 Å². The SMILES string of the molecule is NC(=S)C1(NC(=O)Cc2ccc(F)cc2F)CCCC1. The first-order valence-electron chi connectivity index (χ1n) is 6.48. The topological polar surface area (TPSA) is 55.1 Å². The first-order chi connectivity index (χ1) is 9.43. The van der Waals surface area contributed by atoms with Gasteiger partial charge in [0.25, 0.3) is 0 Å². The Morgan fingerprint density at radius 2 is 2.00 bits per heavy atom. The van der Waals surface area contributed by atoms with Crippen molar-refractivity contribution in [1.29, 1.82) is 0 Å². The summed E-state index contributed by atoms with van der Waals surface area (Å²) in [5.74, 6) is -1.75. The highest BCUT2D eigenvalue weighted by Crippen LogP contribution is 2.30. The predicted octanol–water partition coefficient (Wildman–Crippen LogP) is 2.22. The number of rotatable bonds is 4. The monoisotopic (exact) mass is 298 g/mol. The number of hydrogen-bond donors (Lipinski definition) is 2. The molecule has 1 amide bonds. The highest BCUT2D eigenvalue weighted by Gasteiger charge is 2.38. The molecule has 108 valence electrons. The van der Waals surface area contributed by atoms with Gasteiger partial charge in [-0.25, -0.2) is 8.78 Å². The van der Waals surface area contributed by atoms with Gasteiger partial charge in [-0.1, -0.05) is 31.1 Å². The molecule has 1 fully saturated rings. The molecular weight excluding hydrogens is 282 g/mol. The van der Waals surface area contributed by atoms with Crippen LogP contribution >= 0.6 is 12.2 Å². The van der Waals surface area contributed by atoms with E-state index in [0.717, 1.165) is 25.0 Å². The summed E-state index contributed by atoms with van der Waals surface area (Å²) < 4.78 is 26.3. The van der Waals surface area contributed by atoms with Crippen LogP contribution in [0.1, 0.15) is 31.2 Å². The van der Waals surface area contributed by atoms with Gasteiger partial charge in [0, 0.05) is 6.07 Å². The van der Waals surface area contributed by atoms with E-state index in [-0.39, 0.29) is 22.9 Å². The highest BCUT2D eigenvalue weighted by molar-refractivity contribution is 7.80. The van der Waals surface area contributed by atoms with E-state index in [2.05, 4.69) is 5.32 Å². The van der Waals surface area contributed by atoms with Crippen LogP contribution in [-0.4, -0.2) is 16.4 Å². The second-order valence-electron chi connectivity index (χ2n) is 5.11. The molecule has 0 bridgehead atoms. The van der Waals surface area contributed by atoms with E-state index in [1.807, 2.05) is 0 Å². The lowest BCUT2D eigenvalue weighted by molar-refractivity contribution is -0.121. The lowest BCUT2D eigenvalue weighted by atomic mass is 9.97. The maximum absolute atomic E-state index is 13.5. The first kappa shape index (κ1) is 14.8. The molecule has 1 saturated carbocycles. The summed E-state index contributed by atoms with van der Waals surface area (Å²) >= 11 is 5.03.